The highest BCUT2D eigenvalue weighted by atomic mass is 32.2. The van der Waals surface area contributed by atoms with Crippen molar-refractivity contribution in [2.45, 2.75) is 36.1 Å². The maximum atomic E-state index is 3.48. The second kappa shape index (κ2) is 7.32. The second-order valence-electron chi connectivity index (χ2n) is 3.42. The summed E-state index contributed by atoms with van der Waals surface area (Å²) in [6.07, 6.45) is 2.57. The maximum absolute atomic E-state index is 3.48. The Labute approximate surface area is 95.3 Å². The van der Waals surface area contributed by atoms with Crippen molar-refractivity contribution in [3.05, 3.63) is 17.5 Å². The summed E-state index contributed by atoms with van der Waals surface area (Å²) in [5, 5.41) is 6.29. The minimum Gasteiger partial charge on any atom is -0.316 e. The molecular formula is C11H19NS2. The van der Waals surface area contributed by atoms with Crippen molar-refractivity contribution in [2.24, 2.45) is 0 Å². The van der Waals surface area contributed by atoms with Gasteiger partial charge in [-0.2, -0.15) is 0 Å². The van der Waals surface area contributed by atoms with E-state index in [9.17, 15) is 0 Å². The van der Waals surface area contributed by atoms with Gasteiger partial charge in [0.15, 0.2) is 0 Å². The molecule has 0 amide bonds. The molecule has 1 rings (SSSR count). The van der Waals surface area contributed by atoms with Gasteiger partial charge >= 0.3 is 0 Å². The van der Waals surface area contributed by atoms with E-state index in [-0.39, 0.29) is 0 Å². The summed E-state index contributed by atoms with van der Waals surface area (Å²) in [5.74, 6) is 0. The predicted octanol–water partition coefficient (Wildman–Crippen LogP) is 3.62. The highest BCUT2D eigenvalue weighted by Crippen LogP contribution is 2.26. The Balaban J connectivity index is 2.07. The Morgan fingerprint density at radius 2 is 2.43 bits per heavy atom. The summed E-state index contributed by atoms with van der Waals surface area (Å²) in [6, 6.07) is 4.31. The van der Waals surface area contributed by atoms with Gasteiger partial charge in [-0.3, -0.25) is 0 Å². The fraction of sp³-hybridized carbons (Fsp3) is 0.636. The number of nitrogens with one attached hydrogen (secondary N) is 1. The molecule has 0 aliphatic heterocycles. The Kier molecular flexibility index (Phi) is 6.32. The first-order valence-electron chi connectivity index (χ1n) is 5.23. The minimum atomic E-state index is 0.672. The van der Waals surface area contributed by atoms with Crippen molar-refractivity contribution in [1.82, 2.24) is 5.32 Å². The first-order valence-corrected chi connectivity index (χ1v) is 6.99. The average molecular weight is 229 g/mol. The van der Waals surface area contributed by atoms with E-state index in [0.29, 0.717) is 5.25 Å². The Bertz CT molecular complexity index is 221. The lowest BCUT2D eigenvalue weighted by Gasteiger charge is -2.10. The second-order valence-corrected chi connectivity index (χ2v) is 6.10. The molecule has 1 atom stereocenters. The first-order chi connectivity index (χ1) is 6.83. The van der Waals surface area contributed by atoms with Gasteiger partial charge in [0.1, 0.15) is 0 Å². The molecule has 0 saturated carbocycles. The lowest BCUT2D eigenvalue weighted by atomic mass is 10.3. The highest BCUT2D eigenvalue weighted by Gasteiger charge is 2.03. The van der Waals surface area contributed by atoms with Crippen LogP contribution in [0.15, 0.2) is 21.7 Å². The van der Waals surface area contributed by atoms with Gasteiger partial charge in [0.05, 0.1) is 4.21 Å². The van der Waals surface area contributed by atoms with Crippen LogP contribution in [0.5, 0.6) is 0 Å². The number of rotatable bonds is 7. The molecule has 14 heavy (non-hydrogen) atoms. The van der Waals surface area contributed by atoms with Crippen LogP contribution in [0.25, 0.3) is 0 Å². The summed E-state index contributed by atoms with van der Waals surface area (Å²) in [7, 11) is 0. The number of unbranched alkanes of at least 4 members (excludes halogenated alkanes) is 1. The molecule has 0 saturated heterocycles. The maximum Gasteiger partial charge on any atom is 0.0601 e. The first kappa shape index (κ1) is 12.1. The van der Waals surface area contributed by atoms with Crippen molar-refractivity contribution in [3.63, 3.8) is 0 Å². The molecule has 0 fully saturated rings. The molecule has 1 nitrogen and oxygen atoms in total. The van der Waals surface area contributed by atoms with Crippen LogP contribution in [0.1, 0.15) is 26.7 Å². The molecule has 1 heterocycles. The molecule has 1 unspecified atom stereocenters. The lowest BCUT2D eigenvalue weighted by molar-refractivity contribution is 0.638. The summed E-state index contributed by atoms with van der Waals surface area (Å²) < 4.78 is 1.43. The van der Waals surface area contributed by atoms with Gasteiger partial charge in [-0.05, 0) is 24.4 Å². The van der Waals surface area contributed by atoms with E-state index in [1.165, 1.54) is 17.1 Å². The molecule has 1 N–H and O–H groups in total. The monoisotopic (exact) mass is 229 g/mol. The fourth-order valence-corrected chi connectivity index (χ4v) is 3.26. The van der Waals surface area contributed by atoms with Crippen LogP contribution in [0.2, 0.25) is 0 Å². The quantitative estimate of drug-likeness (QED) is 0.566. The normalized spacial score (nSPS) is 13.0. The van der Waals surface area contributed by atoms with Gasteiger partial charge in [-0.15, -0.1) is 23.1 Å². The van der Waals surface area contributed by atoms with E-state index in [4.69, 9.17) is 0 Å². The molecular weight excluding hydrogens is 210 g/mol. The van der Waals surface area contributed by atoms with Crippen LogP contribution < -0.4 is 5.32 Å². The lowest BCUT2D eigenvalue weighted by Crippen LogP contribution is -2.23. The minimum absolute atomic E-state index is 0.672. The molecule has 0 aromatic carbocycles. The SMILES string of the molecule is CCCCNCC(C)Sc1cccs1. The standard InChI is InChI=1S/C11H19NS2/c1-3-4-7-12-9-10(2)14-11-6-5-8-13-11/h5-6,8,10,12H,3-4,7,9H2,1-2H3. The smallest absolute Gasteiger partial charge is 0.0601 e. The number of hydrogen-bond donors (Lipinski definition) is 1. The van der Waals surface area contributed by atoms with Crippen LogP contribution in [0.3, 0.4) is 0 Å². The largest absolute Gasteiger partial charge is 0.316 e. The highest BCUT2D eigenvalue weighted by molar-refractivity contribution is 8.01. The number of thiophene rings is 1. The van der Waals surface area contributed by atoms with Crippen molar-refractivity contribution in [1.29, 1.82) is 0 Å². The molecule has 0 aliphatic rings. The molecule has 0 bridgehead atoms. The van der Waals surface area contributed by atoms with E-state index in [0.717, 1.165) is 13.1 Å². The number of thioether (sulfide) groups is 1. The zero-order valence-electron chi connectivity index (χ0n) is 8.95. The third kappa shape index (κ3) is 5.03. The Morgan fingerprint density at radius 3 is 3.07 bits per heavy atom. The van der Waals surface area contributed by atoms with Crippen molar-refractivity contribution < 1.29 is 0 Å². The summed E-state index contributed by atoms with van der Waals surface area (Å²) in [4.78, 5) is 0. The van der Waals surface area contributed by atoms with E-state index in [1.807, 2.05) is 23.1 Å². The summed E-state index contributed by atoms with van der Waals surface area (Å²) >= 11 is 3.79. The van der Waals surface area contributed by atoms with E-state index >= 15 is 0 Å². The zero-order valence-corrected chi connectivity index (χ0v) is 10.6. The van der Waals surface area contributed by atoms with Crippen LogP contribution in [0, 0.1) is 0 Å². The molecule has 80 valence electrons. The van der Waals surface area contributed by atoms with Crippen molar-refractivity contribution in [2.75, 3.05) is 13.1 Å². The average Bonchev–Trinajstić information content (AvgIpc) is 2.65. The van der Waals surface area contributed by atoms with E-state index in [2.05, 4.69) is 36.7 Å². The van der Waals surface area contributed by atoms with Crippen molar-refractivity contribution in [3.8, 4) is 0 Å². The fourth-order valence-electron chi connectivity index (χ4n) is 1.18. The van der Waals surface area contributed by atoms with Gasteiger partial charge in [-0.25, -0.2) is 0 Å². The van der Waals surface area contributed by atoms with E-state index < -0.39 is 0 Å². The third-order valence-corrected chi connectivity index (χ3v) is 4.13. The van der Waals surface area contributed by atoms with E-state index in [1.54, 1.807) is 0 Å². The Morgan fingerprint density at radius 1 is 1.57 bits per heavy atom. The van der Waals surface area contributed by atoms with Crippen LogP contribution in [-0.2, 0) is 0 Å². The summed E-state index contributed by atoms with van der Waals surface area (Å²) in [6.45, 7) is 6.78. The van der Waals surface area contributed by atoms with Crippen molar-refractivity contribution >= 4 is 23.1 Å². The van der Waals surface area contributed by atoms with Gasteiger partial charge in [0, 0.05) is 11.8 Å². The topological polar surface area (TPSA) is 12.0 Å². The summed E-state index contributed by atoms with van der Waals surface area (Å²) in [5.41, 5.74) is 0. The van der Waals surface area contributed by atoms with Gasteiger partial charge in [0.25, 0.3) is 0 Å². The van der Waals surface area contributed by atoms with Crippen LogP contribution >= 0.6 is 23.1 Å². The predicted molar refractivity (Wildman–Crippen MR) is 67.4 cm³/mol. The molecule has 0 aliphatic carbocycles. The van der Waals surface area contributed by atoms with Gasteiger partial charge in [0.2, 0.25) is 0 Å². The molecule has 3 heteroatoms. The van der Waals surface area contributed by atoms with Crippen LogP contribution in [-0.4, -0.2) is 18.3 Å². The number of hydrogen-bond acceptors (Lipinski definition) is 3. The molecule has 0 spiro atoms. The molecule has 1 aromatic rings. The molecule has 0 radical (unpaired) electrons. The van der Waals surface area contributed by atoms with Crippen LogP contribution in [0.4, 0.5) is 0 Å². The zero-order chi connectivity index (χ0) is 10.2. The molecule has 1 aromatic heterocycles. The van der Waals surface area contributed by atoms with Gasteiger partial charge in [-0.1, -0.05) is 26.3 Å². The van der Waals surface area contributed by atoms with Gasteiger partial charge < -0.3 is 5.32 Å². The Hall–Kier alpha value is 0.01000. The third-order valence-electron chi connectivity index (χ3n) is 1.95.